The lowest BCUT2D eigenvalue weighted by Crippen LogP contribution is -2.09. The zero-order valence-electron chi connectivity index (χ0n) is 19.3. The SMILES string of the molecule is CCn1c(SCC(=O)c2cc(C)n(CCC(C)C)c2C)nnc1-c1ccccc1OC. The highest BCUT2D eigenvalue weighted by Crippen LogP contribution is 2.31. The molecule has 0 saturated carbocycles. The highest BCUT2D eigenvalue weighted by Gasteiger charge is 2.20. The normalized spacial score (nSPS) is 11.3. The van der Waals surface area contributed by atoms with Gasteiger partial charge in [-0.2, -0.15) is 0 Å². The Morgan fingerprint density at radius 2 is 1.90 bits per heavy atom. The fourth-order valence-electron chi connectivity index (χ4n) is 3.73. The van der Waals surface area contributed by atoms with Crippen LogP contribution in [0.4, 0.5) is 0 Å². The summed E-state index contributed by atoms with van der Waals surface area (Å²) in [5, 5.41) is 9.49. The van der Waals surface area contributed by atoms with Crippen molar-refractivity contribution >= 4 is 17.5 Å². The quantitative estimate of drug-likeness (QED) is 0.311. The number of carbonyl (C=O) groups excluding carboxylic acids is 1. The number of ketones is 1. The number of hydrogen-bond acceptors (Lipinski definition) is 5. The van der Waals surface area contributed by atoms with Crippen LogP contribution in [0.2, 0.25) is 0 Å². The van der Waals surface area contributed by atoms with Gasteiger partial charge in [-0.1, -0.05) is 37.7 Å². The summed E-state index contributed by atoms with van der Waals surface area (Å²) in [6.45, 7) is 12.3. The highest BCUT2D eigenvalue weighted by atomic mass is 32.2. The van der Waals surface area contributed by atoms with Gasteiger partial charge < -0.3 is 13.9 Å². The Balaban J connectivity index is 1.77. The molecule has 0 aliphatic rings. The van der Waals surface area contributed by atoms with Crippen molar-refractivity contribution in [3.05, 3.63) is 47.3 Å². The van der Waals surface area contributed by atoms with E-state index in [0.717, 1.165) is 52.2 Å². The smallest absolute Gasteiger partial charge is 0.191 e. The molecule has 0 radical (unpaired) electrons. The lowest BCUT2D eigenvalue weighted by atomic mass is 10.1. The van der Waals surface area contributed by atoms with Gasteiger partial charge in [0.05, 0.1) is 18.4 Å². The maximum absolute atomic E-state index is 13.0. The monoisotopic (exact) mass is 440 g/mol. The lowest BCUT2D eigenvalue weighted by Gasteiger charge is -2.11. The number of methoxy groups -OCH3 is 1. The van der Waals surface area contributed by atoms with Crippen LogP contribution >= 0.6 is 11.8 Å². The molecule has 0 bridgehead atoms. The Hall–Kier alpha value is -2.54. The molecule has 0 spiro atoms. The minimum Gasteiger partial charge on any atom is -0.496 e. The number of rotatable bonds is 10. The van der Waals surface area contributed by atoms with Crippen LogP contribution < -0.4 is 4.74 Å². The first-order valence-electron chi connectivity index (χ1n) is 10.8. The van der Waals surface area contributed by atoms with Crippen molar-refractivity contribution in [2.75, 3.05) is 12.9 Å². The highest BCUT2D eigenvalue weighted by molar-refractivity contribution is 7.99. The molecule has 3 aromatic rings. The van der Waals surface area contributed by atoms with Crippen LogP contribution in [0.15, 0.2) is 35.5 Å². The van der Waals surface area contributed by atoms with E-state index in [1.807, 2.05) is 41.8 Å². The van der Waals surface area contributed by atoms with Crippen molar-refractivity contribution in [2.45, 2.75) is 59.3 Å². The van der Waals surface area contributed by atoms with Gasteiger partial charge in [0.2, 0.25) is 0 Å². The molecule has 3 rings (SSSR count). The van der Waals surface area contributed by atoms with Crippen LogP contribution in [0.25, 0.3) is 11.4 Å². The van der Waals surface area contributed by atoms with Crippen LogP contribution in [0.1, 0.15) is 48.9 Å². The first-order chi connectivity index (χ1) is 14.9. The van der Waals surface area contributed by atoms with E-state index in [2.05, 4.69) is 42.5 Å². The third-order valence-electron chi connectivity index (χ3n) is 5.52. The second-order valence-corrected chi connectivity index (χ2v) is 9.02. The number of para-hydroxylation sites is 1. The van der Waals surface area contributed by atoms with E-state index in [0.29, 0.717) is 18.2 Å². The minimum absolute atomic E-state index is 0.124. The molecule has 0 aliphatic carbocycles. The van der Waals surface area contributed by atoms with Gasteiger partial charge in [0, 0.05) is 30.0 Å². The van der Waals surface area contributed by atoms with E-state index >= 15 is 0 Å². The third-order valence-corrected chi connectivity index (χ3v) is 6.48. The van der Waals surface area contributed by atoms with Crippen molar-refractivity contribution in [3.8, 4) is 17.1 Å². The van der Waals surface area contributed by atoms with Crippen LogP contribution in [-0.4, -0.2) is 38.0 Å². The van der Waals surface area contributed by atoms with Crippen molar-refractivity contribution in [2.24, 2.45) is 5.92 Å². The Bertz CT molecular complexity index is 1050. The number of aryl methyl sites for hydroxylation is 1. The summed E-state index contributed by atoms with van der Waals surface area (Å²) in [5.74, 6) is 2.60. The molecule has 6 nitrogen and oxygen atoms in total. The van der Waals surface area contributed by atoms with Crippen LogP contribution in [0.5, 0.6) is 5.75 Å². The predicted molar refractivity (Wildman–Crippen MR) is 126 cm³/mol. The summed E-state index contributed by atoms with van der Waals surface area (Å²) in [6.07, 6.45) is 1.10. The molecular weight excluding hydrogens is 408 g/mol. The van der Waals surface area contributed by atoms with Crippen molar-refractivity contribution in [1.29, 1.82) is 0 Å². The van der Waals surface area contributed by atoms with Gasteiger partial charge in [-0.25, -0.2) is 0 Å². The summed E-state index contributed by atoms with van der Waals surface area (Å²) < 4.78 is 9.77. The Morgan fingerprint density at radius 1 is 1.16 bits per heavy atom. The Labute approximate surface area is 189 Å². The van der Waals surface area contributed by atoms with E-state index in [9.17, 15) is 4.79 Å². The molecule has 0 fully saturated rings. The fourth-order valence-corrected chi connectivity index (χ4v) is 4.62. The van der Waals surface area contributed by atoms with Crippen LogP contribution in [0.3, 0.4) is 0 Å². The zero-order valence-corrected chi connectivity index (χ0v) is 20.1. The van der Waals surface area contributed by atoms with Crippen molar-refractivity contribution in [3.63, 3.8) is 0 Å². The molecular formula is C24H32N4O2S. The number of nitrogens with zero attached hydrogens (tertiary/aromatic N) is 4. The van der Waals surface area contributed by atoms with Crippen molar-refractivity contribution in [1.82, 2.24) is 19.3 Å². The molecule has 0 amide bonds. The predicted octanol–water partition coefficient (Wildman–Crippen LogP) is 5.41. The molecule has 7 heteroatoms. The molecule has 166 valence electrons. The van der Waals surface area contributed by atoms with Gasteiger partial charge in [-0.3, -0.25) is 4.79 Å². The average molecular weight is 441 g/mol. The molecule has 31 heavy (non-hydrogen) atoms. The summed E-state index contributed by atoms with van der Waals surface area (Å²) in [6, 6.07) is 9.79. The number of carbonyl (C=O) groups is 1. The van der Waals surface area contributed by atoms with Gasteiger partial charge >= 0.3 is 0 Å². The second kappa shape index (κ2) is 10.2. The van der Waals surface area contributed by atoms with Gasteiger partial charge in [-0.05, 0) is 51.3 Å². The summed E-state index contributed by atoms with van der Waals surface area (Å²) in [7, 11) is 1.65. The second-order valence-electron chi connectivity index (χ2n) is 8.08. The minimum atomic E-state index is 0.124. The number of ether oxygens (including phenoxy) is 1. The molecule has 2 heterocycles. The third kappa shape index (κ3) is 5.03. The first kappa shape index (κ1) is 23.1. The number of thioether (sulfide) groups is 1. The average Bonchev–Trinajstić information content (AvgIpc) is 3.30. The molecule has 1 aromatic carbocycles. The maximum Gasteiger partial charge on any atom is 0.191 e. The van der Waals surface area contributed by atoms with Gasteiger partial charge in [0.15, 0.2) is 16.8 Å². The molecule has 0 N–H and O–H groups in total. The molecule has 2 aromatic heterocycles. The number of benzene rings is 1. The van der Waals surface area contributed by atoms with Gasteiger partial charge in [-0.15, -0.1) is 10.2 Å². The van der Waals surface area contributed by atoms with Crippen molar-refractivity contribution < 1.29 is 9.53 Å². The first-order valence-corrected chi connectivity index (χ1v) is 11.7. The fraction of sp³-hybridized carbons (Fsp3) is 0.458. The largest absolute Gasteiger partial charge is 0.496 e. The lowest BCUT2D eigenvalue weighted by molar-refractivity contribution is 0.102. The van der Waals surface area contributed by atoms with E-state index in [-0.39, 0.29) is 5.78 Å². The van der Waals surface area contributed by atoms with E-state index in [1.54, 1.807) is 7.11 Å². The Morgan fingerprint density at radius 3 is 2.58 bits per heavy atom. The van der Waals surface area contributed by atoms with E-state index < -0.39 is 0 Å². The van der Waals surface area contributed by atoms with Gasteiger partial charge in [0.25, 0.3) is 0 Å². The topological polar surface area (TPSA) is 61.9 Å². The van der Waals surface area contributed by atoms with Crippen LogP contribution in [0, 0.1) is 19.8 Å². The Kier molecular flexibility index (Phi) is 7.59. The van der Waals surface area contributed by atoms with E-state index in [4.69, 9.17) is 4.74 Å². The molecule has 0 unspecified atom stereocenters. The van der Waals surface area contributed by atoms with E-state index in [1.165, 1.54) is 11.8 Å². The molecule has 0 atom stereocenters. The maximum atomic E-state index is 13.0. The number of aromatic nitrogens is 4. The summed E-state index contributed by atoms with van der Waals surface area (Å²) in [4.78, 5) is 13.0. The standard InChI is InChI=1S/C24H32N4O2S/c1-7-27-23(19-10-8-9-11-22(19)30-6)25-26-24(27)31-15-21(29)20-14-17(4)28(18(20)5)13-12-16(2)3/h8-11,14,16H,7,12-13,15H2,1-6H3. The summed E-state index contributed by atoms with van der Waals surface area (Å²) in [5.41, 5.74) is 3.89. The molecule has 0 aliphatic heterocycles. The summed E-state index contributed by atoms with van der Waals surface area (Å²) >= 11 is 1.44. The molecule has 0 saturated heterocycles. The number of hydrogen-bond donors (Lipinski definition) is 0. The van der Waals surface area contributed by atoms with Crippen LogP contribution in [-0.2, 0) is 13.1 Å². The van der Waals surface area contributed by atoms with Gasteiger partial charge in [0.1, 0.15) is 5.75 Å². The zero-order chi connectivity index (χ0) is 22.5. The number of Topliss-reactive ketones (excluding diaryl/α,β-unsaturated/α-hetero) is 1.